The summed E-state index contributed by atoms with van der Waals surface area (Å²) in [7, 11) is 0. The molecule has 1 fully saturated rings. The Kier molecular flexibility index (Phi) is 7.38. The number of carbonyl (C=O) groups is 1. The molecule has 7 heteroatoms. The first kappa shape index (κ1) is 21.2. The molecule has 3 rings (SSSR count). The van der Waals surface area contributed by atoms with Crippen LogP contribution in [0.25, 0.3) is 5.69 Å². The summed E-state index contributed by atoms with van der Waals surface area (Å²) in [6.45, 7) is 7.81. The van der Waals surface area contributed by atoms with Crippen molar-refractivity contribution in [3.05, 3.63) is 45.2 Å². The van der Waals surface area contributed by atoms with Crippen molar-refractivity contribution in [3.8, 4) is 5.69 Å². The molecule has 1 aliphatic rings. The lowest BCUT2D eigenvalue weighted by atomic mass is 10.1. The van der Waals surface area contributed by atoms with Gasteiger partial charge in [-0.2, -0.15) is 5.10 Å². The van der Waals surface area contributed by atoms with Crippen LogP contribution < -0.4 is 5.32 Å². The molecule has 1 aromatic heterocycles. The topological polar surface area (TPSA) is 50.2 Å². The standard InChI is InChI=1S/C21H28Cl2N4O/c1-15-18(14-21(28)24-9-12-26-10-5-3-4-6-11-26)16(2)27(25-15)17-7-8-19(22)20(23)13-17/h7-8,13H,3-6,9-12,14H2,1-2H3,(H,24,28). The number of likely N-dealkylation sites (tertiary alicyclic amines) is 1. The van der Waals surface area contributed by atoms with Crippen molar-refractivity contribution in [2.24, 2.45) is 0 Å². The number of nitrogens with zero attached hydrogens (tertiary/aromatic N) is 3. The summed E-state index contributed by atoms with van der Waals surface area (Å²) in [5.41, 5.74) is 3.59. The number of carbonyl (C=O) groups excluding carboxylic acids is 1. The number of hydrogen-bond donors (Lipinski definition) is 1. The van der Waals surface area contributed by atoms with E-state index < -0.39 is 0 Å². The highest BCUT2D eigenvalue weighted by atomic mass is 35.5. The average Bonchev–Trinajstić information content (AvgIpc) is 2.84. The molecular formula is C21H28Cl2N4O. The smallest absolute Gasteiger partial charge is 0.224 e. The maximum absolute atomic E-state index is 12.5. The van der Waals surface area contributed by atoms with Crippen LogP contribution in [0.15, 0.2) is 18.2 Å². The Hall–Kier alpha value is -1.56. The van der Waals surface area contributed by atoms with Gasteiger partial charge < -0.3 is 10.2 Å². The minimum absolute atomic E-state index is 0.0368. The van der Waals surface area contributed by atoms with E-state index in [1.807, 2.05) is 24.6 Å². The monoisotopic (exact) mass is 422 g/mol. The molecule has 152 valence electrons. The number of halogens is 2. The van der Waals surface area contributed by atoms with Crippen LogP contribution in [-0.2, 0) is 11.2 Å². The molecule has 0 saturated carbocycles. The van der Waals surface area contributed by atoms with Crippen molar-refractivity contribution in [3.63, 3.8) is 0 Å². The van der Waals surface area contributed by atoms with Crippen LogP contribution >= 0.6 is 23.2 Å². The predicted molar refractivity (Wildman–Crippen MR) is 115 cm³/mol. The van der Waals surface area contributed by atoms with Crippen molar-refractivity contribution < 1.29 is 4.79 Å². The molecule has 28 heavy (non-hydrogen) atoms. The van der Waals surface area contributed by atoms with Crippen molar-refractivity contribution in [2.75, 3.05) is 26.2 Å². The van der Waals surface area contributed by atoms with Crippen LogP contribution in [0.4, 0.5) is 0 Å². The third-order valence-corrected chi connectivity index (χ3v) is 6.11. The zero-order valence-electron chi connectivity index (χ0n) is 16.6. The van der Waals surface area contributed by atoms with Crippen LogP contribution in [0.1, 0.15) is 42.6 Å². The minimum Gasteiger partial charge on any atom is -0.355 e. The van der Waals surface area contributed by atoms with Gasteiger partial charge in [0.1, 0.15) is 0 Å². The molecule has 0 bridgehead atoms. The van der Waals surface area contributed by atoms with Gasteiger partial charge in [-0.3, -0.25) is 4.79 Å². The van der Waals surface area contributed by atoms with Gasteiger partial charge >= 0.3 is 0 Å². The first-order valence-corrected chi connectivity index (χ1v) is 10.7. The van der Waals surface area contributed by atoms with E-state index in [1.165, 1.54) is 25.7 Å². The van der Waals surface area contributed by atoms with Gasteiger partial charge in [0.05, 0.1) is 27.8 Å². The molecule has 1 aliphatic heterocycles. The van der Waals surface area contributed by atoms with E-state index in [1.54, 1.807) is 12.1 Å². The highest BCUT2D eigenvalue weighted by Gasteiger charge is 2.17. The molecule has 0 radical (unpaired) electrons. The second kappa shape index (κ2) is 9.77. The van der Waals surface area contributed by atoms with Crippen molar-refractivity contribution in [1.82, 2.24) is 20.0 Å². The van der Waals surface area contributed by atoms with Gasteiger partial charge in [-0.1, -0.05) is 36.0 Å². The Morgan fingerprint density at radius 3 is 2.50 bits per heavy atom. The Balaban J connectivity index is 1.60. The summed E-state index contributed by atoms with van der Waals surface area (Å²) in [5, 5.41) is 8.65. The molecule has 1 N–H and O–H groups in total. The van der Waals surface area contributed by atoms with Crippen molar-refractivity contribution in [1.29, 1.82) is 0 Å². The van der Waals surface area contributed by atoms with Gasteiger partial charge in [-0.05, 0) is 58.0 Å². The Labute approximate surface area is 177 Å². The van der Waals surface area contributed by atoms with E-state index in [2.05, 4.69) is 15.3 Å². The van der Waals surface area contributed by atoms with E-state index in [9.17, 15) is 4.79 Å². The first-order chi connectivity index (χ1) is 13.5. The van der Waals surface area contributed by atoms with E-state index in [4.69, 9.17) is 23.2 Å². The van der Waals surface area contributed by atoms with Gasteiger partial charge in [0.25, 0.3) is 0 Å². The lowest BCUT2D eigenvalue weighted by Crippen LogP contribution is -2.36. The molecule has 5 nitrogen and oxygen atoms in total. The summed E-state index contributed by atoms with van der Waals surface area (Å²) in [4.78, 5) is 14.9. The highest BCUT2D eigenvalue weighted by molar-refractivity contribution is 6.42. The zero-order chi connectivity index (χ0) is 20.1. The maximum atomic E-state index is 12.5. The van der Waals surface area contributed by atoms with Crippen LogP contribution in [0.2, 0.25) is 10.0 Å². The van der Waals surface area contributed by atoms with Gasteiger partial charge in [-0.25, -0.2) is 4.68 Å². The molecule has 0 unspecified atom stereocenters. The number of benzene rings is 1. The van der Waals surface area contributed by atoms with E-state index in [0.29, 0.717) is 23.0 Å². The normalized spacial score (nSPS) is 15.4. The zero-order valence-corrected chi connectivity index (χ0v) is 18.1. The first-order valence-electron chi connectivity index (χ1n) is 9.95. The van der Waals surface area contributed by atoms with E-state index in [0.717, 1.165) is 42.3 Å². The number of nitrogens with one attached hydrogen (secondary N) is 1. The number of aromatic nitrogens is 2. The van der Waals surface area contributed by atoms with Crippen LogP contribution in [0.5, 0.6) is 0 Å². The fraction of sp³-hybridized carbons (Fsp3) is 0.524. The number of rotatable bonds is 6. The third kappa shape index (κ3) is 5.28. The Bertz CT molecular complexity index is 826. The predicted octanol–water partition coefficient (Wildman–Crippen LogP) is 4.33. The molecule has 1 saturated heterocycles. The summed E-state index contributed by atoms with van der Waals surface area (Å²) >= 11 is 12.1. The lowest BCUT2D eigenvalue weighted by Gasteiger charge is -2.19. The molecule has 1 amide bonds. The van der Waals surface area contributed by atoms with E-state index in [-0.39, 0.29) is 5.91 Å². The summed E-state index contributed by atoms with van der Waals surface area (Å²) in [6, 6.07) is 5.41. The second-order valence-corrected chi connectivity index (χ2v) is 8.26. The van der Waals surface area contributed by atoms with Gasteiger partial charge in [0, 0.05) is 24.3 Å². The van der Waals surface area contributed by atoms with Crippen LogP contribution in [0.3, 0.4) is 0 Å². The van der Waals surface area contributed by atoms with E-state index >= 15 is 0 Å². The quantitative estimate of drug-likeness (QED) is 0.753. The molecule has 0 aliphatic carbocycles. The highest BCUT2D eigenvalue weighted by Crippen LogP contribution is 2.26. The number of aryl methyl sites for hydroxylation is 1. The summed E-state index contributed by atoms with van der Waals surface area (Å²) in [5.74, 6) is 0.0368. The molecule has 0 atom stereocenters. The van der Waals surface area contributed by atoms with Gasteiger partial charge in [0.2, 0.25) is 5.91 Å². The minimum atomic E-state index is 0.0368. The number of hydrogen-bond acceptors (Lipinski definition) is 3. The summed E-state index contributed by atoms with van der Waals surface area (Å²) < 4.78 is 1.82. The summed E-state index contributed by atoms with van der Waals surface area (Å²) in [6.07, 6.45) is 5.51. The molecule has 2 aromatic rings. The molecule has 2 heterocycles. The van der Waals surface area contributed by atoms with Gasteiger partial charge in [0.15, 0.2) is 0 Å². The Morgan fingerprint density at radius 1 is 1.11 bits per heavy atom. The second-order valence-electron chi connectivity index (χ2n) is 7.44. The maximum Gasteiger partial charge on any atom is 0.224 e. The van der Waals surface area contributed by atoms with Gasteiger partial charge in [-0.15, -0.1) is 0 Å². The number of amides is 1. The average molecular weight is 423 g/mol. The Morgan fingerprint density at radius 2 is 1.82 bits per heavy atom. The lowest BCUT2D eigenvalue weighted by molar-refractivity contribution is -0.120. The SMILES string of the molecule is Cc1nn(-c2ccc(Cl)c(Cl)c2)c(C)c1CC(=O)NCCN1CCCCCC1. The fourth-order valence-electron chi connectivity index (χ4n) is 3.74. The third-order valence-electron chi connectivity index (χ3n) is 5.38. The van der Waals surface area contributed by atoms with Crippen molar-refractivity contribution in [2.45, 2.75) is 46.0 Å². The molecule has 1 aromatic carbocycles. The van der Waals surface area contributed by atoms with Crippen LogP contribution in [0, 0.1) is 13.8 Å². The molecule has 0 spiro atoms. The largest absolute Gasteiger partial charge is 0.355 e. The van der Waals surface area contributed by atoms with Crippen LogP contribution in [-0.4, -0.2) is 46.8 Å². The molecular weight excluding hydrogens is 395 g/mol. The fourth-order valence-corrected chi connectivity index (χ4v) is 4.03. The van der Waals surface area contributed by atoms with Crippen molar-refractivity contribution >= 4 is 29.1 Å².